The van der Waals surface area contributed by atoms with Gasteiger partial charge in [0.1, 0.15) is 17.2 Å². The van der Waals surface area contributed by atoms with Crippen LogP contribution in [0.15, 0.2) is 46.9 Å². The Morgan fingerprint density at radius 3 is 2.54 bits per heavy atom. The standard InChI is InChI=1S/C20H22BrNO4/c1-24-16-9-10-19(25-2)17(12-16)18-4-3-11-22(18)20(23)13-26-15-7-5-14(21)6-8-15/h5-10,12,18H,3-4,11,13H2,1-2H3/t18-/m0/s1. The van der Waals surface area contributed by atoms with E-state index in [9.17, 15) is 4.79 Å². The van der Waals surface area contributed by atoms with E-state index in [1.165, 1.54) is 0 Å². The van der Waals surface area contributed by atoms with Gasteiger partial charge < -0.3 is 19.1 Å². The molecular weight excluding hydrogens is 398 g/mol. The van der Waals surface area contributed by atoms with Crippen molar-refractivity contribution in [2.75, 3.05) is 27.4 Å². The van der Waals surface area contributed by atoms with E-state index in [1.54, 1.807) is 14.2 Å². The van der Waals surface area contributed by atoms with Crippen molar-refractivity contribution in [3.8, 4) is 17.2 Å². The lowest BCUT2D eigenvalue weighted by Gasteiger charge is -2.26. The van der Waals surface area contributed by atoms with E-state index in [0.717, 1.165) is 34.4 Å². The zero-order valence-corrected chi connectivity index (χ0v) is 16.5. The predicted octanol–water partition coefficient (Wildman–Crippen LogP) is 4.21. The van der Waals surface area contributed by atoms with Crippen molar-refractivity contribution in [2.24, 2.45) is 0 Å². The second-order valence-electron chi connectivity index (χ2n) is 6.10. The highest BCUT2D eigenvalue weighted by Crippen LogP contribution is 2.38. The van der Waals surface area contributed by atoms with Crippen LogP contribution >= 0.6 is 15.9 Å². The van der Waals surface area contributed by atoms with Gasteiger partial charge in [-0.25, -0.2) is 0 Å². The maximum atomic E-state index is 12.7. The molecule has 1 aliphatic rings. The fraction of sp³-hybridized carbons (Fsp3) is 0.350. The molecule has 0 unspecified atom stereocenters. The van der Waals surface area contributed by atoms with Gasteiger partial charge in [0, 0.05) is 16.6 Å². The summed E-state index contributed by atoms with van der Waals surface area (Å²) in [6.45, 7) is 0.734. The van der Waals surface area contributed by atoms with Gasteiger partial charge in [0.2, 0.25) is 0 Å². The van der Waals surface area contributed by atoms with E-state index in [1.807, 2.05) is 47.4 Å². The summed E-state index contributed by atoms with van der Waals surface area (Å²) in [4.78, 5) is 14.6. The van der Waals surface area contributed by atoms with Gasteiger partial charge in [-0.3, -0.25) is 4.79 Å². The van der Waals surface area contributed by atoms with Crippen molar-refractivity contribution in [2.45, 2.75) is 18.9 Å². The van der Waals surface area contributed by atoms with E-state index in [0.29, 0.717) is 12.3 Å². The molecule has 5 nitrogen and oxygen atoms in total. The summed E-state index contributed by atoms with van der Waals surface area (Å²) in [5.41, 5.74) is 0.973. The highest BCUT2D eigenvalue weighted by Gasteiger charge is 2.32. The Labute approximate surface area is 162 Å². The summed E-state index contributed by atoms with van der Waals surface area (Å²) in [6, 6.07) is 13.1. The minimum absolute atomic E-state index is 0.0183. The lowest BCUT2D eigenvalue weighted by atomic mass is 10.0. The van der Waals surface area contributed by atoms with Crippen LogP contribution in [0.3, 0.4) is 0 Å². The number of carbonyl (C=O) groups excluding carboxylic acids is 1. The van der Waals surface area contributed by atoms with Crippen molar-refractivity contribution >= 4 is 21.8 Å². The van der Waals surface area contributed by atoms with Crippen molar-refractivity contribution in [3.05, 3.63) is 52.5 Å². The Balaban J connectivity index is 1.73. The molecule has 2 aromatic carbocycles. The van der Waals surface area contributed by atoms with Crippen molar-refractivity contribution in [1.29, 1.82) is 0 Å². The van der Waals surface area contributed by atoms with Gasteiger partial charge in [-0.2, -0.15) is 0 Å². The normalized spacial score (nSPS) is 16.4. The number of halogens is 1. The highest BCUT2D eigenvalue weighted by atomic mass is 79.9. The Bertz CT molecular complexity index is 763. The Morgan fingerprint density at radius 1 is 1.12 bits per heavy atom. The van der Waals surface area contributed by atoms with Crippen LogP contribution in [0, 0.1) is 0 Å². The van der Waals surface area contributed by atoms with Gasteiger partial charge in [-0.15, -0.1) is 0 Å². The van der Waals surface area contributed by atoms with Crippen LogP contribution in [-0.4, -0.2) is 38.2 Å². The molecule has 1 heterocycles. The molecular formula is C20H22BrNO4. The summed E-state index contributed by atoms with van der Waals surface area (Å²) in [5.74, 6) is 2.17. The molecule has 138 valence electrons. The van der Waals surface area contributed by atoms with Crippen molar-refractivity contribution in [1.82, 2.24) is 4.90 Å². The van der Waals surface area contributed by atoms with Crippen molar-refractivity contribution < 1.29 is 19.0 Å². The molecule has 0 saturated carbocycles. The van der Waals surface area contributed by atoms with E-state index in [-0.39, 0.29) is 18.6 Å². The van der Waals surface area contributed by atoms with E-state index < -0.39 is 0 Å². The lowest BCUT2D eigenvalue weighted by molar-refractivity contribution is -0.134. The molecule has 0 bridgehead atoms. The van der Waals surface area contributed by atoms with E-state index in [2.05, 4.69) is 15.9 Å². The van der Waals surface area contributed by atoms with E-state index >= 15 is 0 Å². The number of methoxy groups -OCH3 is 2. The fourth-order valence-electron chi connectivity index (χ4n) is 3.25. The highest BCUT2D eigenvalue weighted by molar-refractivity contribution is 9.10. The zero-order chi connectivity index (χ0) is 18.5. The number of hydrogen-bond donors (Lipinski definition) is 0. The molecule has 6 heteroatoms. The molecule has 0 spiro atoms. The zero-order valence-electron chi connectivity index (χ0n) is 14.9. The average molecular weight is 420 g/mol. The van der Waals surface area contributed by atoms with Gasteiger partial charge in [0.15, 0.2) is 6.61 Å². The van der Waals surface area contributed by atoms with Crippen LogP contribution in [0.2, 0.25) is 0 Å². The molecule has 1 fully saturated rings. The molecule has 26 heavy (non-hydrogen) atoms. The smallest absolute Gasteiger partial charge is 0.261 e. The predicted molar refractivity (Wildman–Crippen MR) is 103 cm³/mol. The maximum absolute atomic E-state index is 12.7. The number of amides is 1. The Hall–Kier alpha value is -2.21. The first kappa shape index (κ1) is 18.6. The number of nitrogens with zero attached hydrogens (tertiary/aromatic N) is 1. The molecule has 2 aromatic rings. The van der Waals surface area contributed by atoms with Crippen LogP contribution in [-0.2, 0) is 4.79 Å². The third-order valence-corrected chi connectivity index (χ3v) is 5.07. The molecule has 1 atom stereocenters. The van der Waals surface area contributed by atoms with Gasteiger partial charge in [-0.05, 0) is 55.3 Å². The van der Waals surface area contributed by atoms with Gasteiger partial charge in [-0.1, -0.05) is 15.9 Å². The summed E-state index contributed by atoms with van der Waals surface area (Å²) in [7, 11) is 3.28. The summed E-state index contributed by atoms with van der Waals surface area (Å²) >= 11 is 3.39. The maximum Gasteiger partial charge on any atom is 0.261 e. The van der Waals surface area contributed by atoms with Crippen LogP contribution in [0.1, 0.15) is 24.4 Å². The first-order valence-corrected chi connectivity index (χ1v) is 9.31. The second-order valence-corrected chi connectivity index (χ2v) is 7.01. The largest absolute Gasteiger partial charge is 0.497 e. The van der Waals surface area contributed by atoms with Gasteiger partial charge in [0.05, 0.1) is 20.3 Å². The SMILES string of the molecule is COc1ccc(OC)c([C@@H]2CCCN2C(=O)COc2ccc(Br)cc2)c1. The molecule has 0 aliphatic carbocycles. The molecule has 1 aliphatic heterocycles. The minimum Gasteiger partial charge on any atom is -0.497 e. The van der Waals surface area contributed by atoms with Crippen LogP contribution in [0.4, 0.5) is 0 Å². The van der Waals surface area contributed by atoms with Crippen molar-refractivity contribution in [3.63, 3.8) is 0 Å². The second kappa shape index (κ2) is 8.45. The van der Waals surface area contributed by atoms with Crippen LogP contribution < -0.4 is 14.2 Å². The first-order valence-electron chi connectivity index (χ1n) is 8.52. The molecule has 0 radical (unpaired) electrons. The summed E-state index contributed by atoms with van der Waals surface area (Å²) in [5, 5.41) is 0. The number of benzene rings is 2. The Morgan fingerprint density at radius 2 is 1.85 bits per heavy atom. The monoisotopic (exact) mass is 419 g/mol. The first-order chi connectivity index (χ1) is 12.6. The Kier molecular flexibility index (Phi) is 6.04. The fourth-order valence-corrected chi connectivity index (χ4v) is 3.51. The number of rotatable bonds is 6. The van der Waals surface area contributed by atoms with E-state index in [4.69, 9.17) is 14.2 Å². The van der Waals surface area contributed by atoms with Gasteiger partial charge >= 0.3 is 0 Å². The number of ether oxygens (including phenoxy) is 3. The van der Waals surface area contributed by atoms with Crippen LogP contribution in [0.25, 0.3) is 0 Å². The van der Waals surface area contributed by atoms with Gasteiger partial charge in [0.25, 0.3) is 5.91 Å². The average Bonchev–Trinajstić information content (AvgIpc) is 3.16. The number of hydrogen-bond acceptors (Lipinski definition) is 4. The number of likely N-dealkylation sites (tertiary alicyclic amines) is 1. The summed E-state index contributed by atoms with van der Waals surface area (Å²) in [6.07, 6.45) is 1.85. The number of carbonyl (C=O) groups is 1. The molecule has 1 saturated heterocycles. The molecule has 3 rings (SSSR count). The summed E-state index contributed by atoms with van der Waals surface area (Å²) < 4.78 is 17.5. The molecule has 1 amide bonds. The third-order valence-electron chi connectivity index (χ3n) is 4.54. The minimum atomic E-state index is -0.0275. The third kappa shape index (κ3) is 4.12. The topological polar surface area (TPSA) is 48.0 Å². The lowest BCUT2D eigenvalue weighted by Crippen LogP contribution is -2.34. The molecule has 0 N–H and O–H groups in total. The molecule has 0 aromatic heterocycles. The van der Waals surface area contributed by atoms with Crippen LogP contribution in [0.5, 0.6) is 17.2 Å². The quantitative estimate of drug-likeness (QED) is 0.703.